The Bertz CT molecular complexity index is 353. The molecule has 2 fully saturated rings. The van der Waals surface area contributed by atoms with Gasteiger partial charge in [0.15, 0.2) is 0 Å². The average molecular weight is 268 g/mol. The maximum Gasteiger partial charge on any atom is 0.410 e. The van der Waals surface area contributed by atoms with E-state index < -0.39 is 5.60 Å². The Morgan fingerprint density at radius 2 is 1.50 bits per heavy atom. The highest BCUT2D eigenvalue weighted by Gasteiger charge is 2.43. The van der Waals surface area contributed by atoms with Crippen LogP contribution in [0.5, 0.6) is 0 Å². The molecule has 0 aromatic carbocycles. The lowest BCUT2D eigenvalue weighted by atomic mass is 10.0. The van der Waals surface area contributed by atoms with E-state index in [2.05, 4.69) is 0 Å². The molecule has 0 aliphatic carbocycles. The molecule has 2 aliphatic rings. The van der Waals surface area contributed by atoms with E-state index in [9.17, 15) is 9.59 Å². The van der Waals surface area contributed by atoms with Crippen molar-refractivity contribution in [2.24, 2.45) is 11.8 Å². The lowest BCUT2D eigenvalue weighted by molar-refractivity contribution is 0.0277. The molecule has 0 spiro atoms. The minimum Gasteiger partial charge on any atom is -0.444 e. The molecule has 2 unspecified atom stereocenters. The van der Waals surface area contributed by atoms with Gasteiger partial charge in [0.25, 0.3) is 0 Å². The largest absolute Gasteiger partial charge is 0.444 e. The molecule has 18 heavy (non-hydrogen) atoms. The van der Waals surface area contributed by atoms with Crippen LogP contribution in [-0.4, -0.2) is 68.7 Å². The molecule has 0 N–H and O–H groups in total. The summed E-state index contributed by atoms with van der Waals surface area (Å²) in [5.74, 6) is 0.880. The number of ether oxygens (including phenoxy) is 1. The summed E-state index contributed by atoms with van der Waals surface area (Å²) < 4.78 is 5.65. The van der Waals surface area contributed by atoms with Crippen molar-refractivity contribution in [3.63, 3.8) is 0 Å². The normalized spacial score (nSPS) is 27.3. The topological polar surface area (TPSA) is 49.9 Å². The van der Waals surface area contributed by atoms with Crippen molar-refractivity contribution >= 4 is 27.2 Å². The average Bonchev–Trinajstić information content (AvgIpc) is 2.69. The second-order valence-electron chi connectivity index (χ2n) is 6.33. The minimum atomic E-state index is -0.439. The van der Waals surface area contributed by atoms with Gasteiger partial charge in [-0.3, -0.25) is 4.79 Å². The summed E-state index contributed by atoms with van der Waals surface area (Å²) in [6.07, 6.45) is -0.222. The number of amides is 2. The molecule has 0 radical (unpaired) electrons. The number of nitrogens with zero attached hydrogens (tertiary/aromatic N) is 2. The fourth-order valence-corrected chi connectivity index (χ4v) is 3.09. The van der Waals surface area contributed by atoms with E-state index in [4.69, 9.17) is 4.74 Å². The molecular weight excluding hydrogens is 247 g/mol. The van der Waals surface area contributed by atoms with Gasteiger partial charge in [-0.2, -0.15) is 0 Å². The van der Waals surface area contributed by atoms with E-state index in [-0.39, 0.29) is 10.9 Å². The second-order valence-corrected chi connectivity index (χ2v) is 7.18. The molecule has 2 amide bonds. The molecule has 100 valence electrons. The van der Waals surface area contributed by atoms with Gasteiger partial charge in [0.1, 0.15) is 10.4 Å². The summed E-state index contributed by atoms with van der Waals surface area (Å²) >= 11 is 0.588. The first-order chi connectivity index (χ1) is 8.26. The summed E-state index contributed by atoms with van der Waals surface area (Å²) in [6.45, 7) is 8.71. The van der Waals surface area contributed by atoms with Gasteiger partial charge >= 0.3 is 22.4 Å². The first kappa shape index (κ1) is 13.7. The van der Waals surface area contributed by atoms with Crippen LogP contribution in [0.15, 0.2) is 0 Å². The van der Waals surface area contributed by atoms with Crippen molar-refractivity contribution in [1.82, 2.24) is 9.80 Å². The van der Waals surface area contributed by atoms with E-state index in [1.807, 2.05) is 25.7 Å². The number of carbonyl (C=O) groups is 2. The molecule has 0 bridgehead atoms. The van der Waals surface area contributed by atoms with E-state index in [0.717, 1.165) is 26.2 Å². The molecule has 2 saturated heterocycles. The zero-order valence-corrected chi connectivity index (χ0v) is 13.6. The van der Waals surface area contributed by atoms with Gasteiger partial charge < -0.3 is 14.5 Å². The molecule has 2 atom stereocenters. The van der Waals surface area contributed by atoms with Crippen molar-refractivity contribution in [1.29, 1.82) is 0 Å². The first-order valence-corrected chi connectivity index (χ1v) is 7.49. The lowest BCUT2D eigenvalue weighted by Crippen LogP contribution is -2.38. The molecule has 5 nitrogen and oxygen atoms in total. The smallest absolute Gasteiger partial charge is 0.410 e. The Balaban J connectivity index is 1.89. The lowest BCUT2D eigenvalue weighted by Gasteiger charge is -2.26. The fraction of sp³-hybridized carbons (Fsp3) is 0.833. The molecule has 2 heterocycles. The van der Waals surface area contributed by atoms with Crippen LogP contribution in [-0.2, 0) is 4.74 Å². The van der Waals surface area contributed by atoms with Crippen molar-refractivity contribution in [3.05, 3.63) is 0 Å². The number of rotatable bonds is 0. The third-order valence-corrected chi connectivity index (χ3v) is 4.22. The van der Waals surface area contributed by atoms with Gasteiger partial charge in [0.2, 0.25) is 0 Å². The molecular formula is C12H21AlN2O3. The molecule has 2 rings (SSSR count). The predicted molar refractivity (Wildman–Crippen MR) is 70.3 cm³/mol. The first-order valence-electron chi connectivity index (χ1n) is 6.49. The van der Waals surface area contributed by atoms with E-state index in [1.165, 1.54) is 0 Å². The van der Waals surface area contributed by atoms with Crippen LogP contribution in [0, 0.1) is 11.8 Å². The maximum absolute atomic E-state index is 11.9. The van der Waals surface area contributed by atoms with E-state index in [1.54, 1.807) is 4.90 Å². The molecule has 2 aliphatic heterocycles. The van der Waals surface area contributed by atoms with Crippen LogP contribution in [0.4, 0.5) is 9.59 Å². The number of hydrogen-bond donors (Lipinski definition) is 0. The van der Waals surface area contributed by atoms with Gasteiger partial charge in [-0.25, -0.2) is 4.79 Å². The van der Waals surface area contributed by atoms with Gasteiger partial charge in [-0.05, 0) is 20.8 Å². The standard InChI is InChI=1S/C12H19N2O3.Al.2H/c1-12(2,3)17-11(16)14-6-9-4-13(8-15)5-10(9)7-14;;;/h9-10H,4-7H2,1-3H3;;;. The number of likely N-dealkylation sites (tertiary alicyclic amines) is 2. The Labute approximate surface area is 116 Å². The van der Waals surface area contributed by atoms with Gasteiger partial charge in [0.05, 0.1) is 0 Å². The van der Waals surface area contributed by atoms with Crippen molar-refractivity contribution in [3.8, 4) is 0 Å². The SMILES string of the molecule is CC(C)(C)OC(=O)N1CC2CN([C](=O)[AlH2])CC2C1. The van der Waals surface area contributed by atoms with E-state index >= 15 is 0 Å². The van der Waals surface area contributed by atoms with Crippen LogP contribution in [0.3, 0.4) is 0 Å². The maximum atomic E-state index is 11.9. The minimum absolute atomic E-state index is 0.222. The number of carbonyl (C=O) groups excluding carboxylic acids is 2. The Hall–Kier alpha value is -0.728. The zero-order valence-electron chi connectivity index (χ0n) is 11.6. The summed E-state index contributed by atoms with van der Waals surface area (Å²) in [5.41, 5.74) is -0.439. The molecule has 0 aromatic rings. The molecule has 0 saturated carbocycles. The van der Waals surface area contributed by atoms with Crippen LogP contribution in [0.2, 0.25) is 0 Å². The quantitative estimate of drug-likeness (QED) is 0.602. The highest BCUT2D eigenvalue weighted by atomic mass is 27.0. The third-order valence-electron chi connectivity index (χ3n) is 3.58. The van der Waals surface area contributed by atoms with E-state index in [0.29, 0.717) is 28.1 Å². The van der Waals surface area contributed by atoms with Crippen molar-refractivity contribution < 1.29 is 14.3 Å². The summed E-state index contributed by atoms with van der Waals surface area (Å²) in [4.78, 5) is 27.0. The monoisotopic (exact) mass is 268 g/mol. The van der Waals surface area contributed by atoms with Crippen LogP contribution < -0.4 is 0 Å². The molecule has 0 aromatic heterocycles. The predicted octanol–water partition coefficient (Wildman–Crippen LogP) is 0.538. The summed E-state index contributed by atoms with van der Waals surface area (Å²) in [6, 6.07) is 0. The Kier molecular flexibility index (Phi) is 3.61. The van der Waals surface area contributed by atoms with Crippen LogP contribution in [0.25, 0.3) is 0 Å². The van der Waals surface area contributed by atoms with Gasteiger partial charge in [-0.15, -0.1) is 0 Å². The molecule has 6 heteroatoms. The summed E-state index contributed by atoms with van der Waals surface area (Å²) in [5, 5.41) is 0. The Morgan fingerprint density at radius 3 is 1.89 bits per heavy atom. The van der Waals surface area contributed by atoms with Gasteiger partial charge in [-0.1, -0.05) is 0 Å². The third kappa shape index (κ3) is 2.99. The highest BCUT2D eigenvalue weighted by molar-refractivity contribution is 6.56. The van der Waals surface area contributed by atoms with Gasteiger partial charge in [0, 0.05) is 38.0 Å². The number of fused-ring (bicyclic) bond motifs is 1. The number of hydrogen-bond acceptors (Lipinski definition) is 3. The highest BCUT2D eigenvalue weighted by Crippen LogP contribution is 2.31. The Morgan fingerprint density at radius 1 is 1.06 bits per heavy atom. The second kappa shape index (κ2) is 4.75. The van der Waals surface area contributed by atoms with Crippen LogP contribution in [0.1, 0.15) is 20.8 Å². The van der Waals surface area contributed by atoms with Crippen molar-refractivity contribution in [2.45, 2.75) is 26.4 Å². The van der Waals surface area contributed by atoms with Crippen LogP contribution >= 0.6 is 0 Å². The fourth-order valence-electron chi connectivity index (χ4n) is 2.73. The van der Waals surface area contributed by atoms with Crippen molar-refractivity contribution in [2.75, 3.05) is 26.2 Å². The summed E-state index contributed by atoms with van der Waals surface area (Å²) in [7, 11) is 0. The zero-order chi connectivity index (χ0) is 13.5.